The third-order valence-corrected chi connectivity index (χ3v) is 7.04. The molecule has 0 saturated carbocycles. The fraction of sp³-hybridized carbons (Fsp3) is 0.400. The van der Waals surface area contributed by atoms with Crippen LogP contribution in [0.15, 0.2) is 41.3 Å². The number of halogens is 1. The first kappa shape index (κ1) is 20.6. The highest BCUT2D eigenvalue weighted by Gasteiger charge is 2.31. The summed E-state index contributed by atoms with van der Waals surface area (Å²) < 4.78 is 51.0. The minimum absolute atomic E-state index is 0.00619. The Balaban J connectivity index is 1.68. The van der Waals surface area contributed by atoms with Crippen LogP contribution in [-0.4, -0.2) is 53.1 Å². The Morgan fingerprint density at radius 1 is 1.07 bits per heavy atom. The molecule has 0 aliphatic carbocycles. The Hall–Kier alpha value is -2.16. The molecular formula is C20H26FN2O4S+. The molecule has 0 radical (unpaired) electrons. The zero-order valence-corrected chi connectivity index (χ0v) is 17.2. The van der Waals surface area contributed by atoms with Crippen molar-refractivity contribution in [2.75, 3.05) is 40.4 Å². The van der Waals surface area contributed by atoms with Crippen molar-refractivity contribution in [3.63, 3.8) is 0 Å². The van der Waals surface area contributed by atoms with Gasteiger partial charge in [0, 0.05) is 5.56 Å². The molecule has 0 bridgehead atoms. The van der Waals surface area contributed by atoms with E-state index >= 15 is 0 Å². The van der Waals surface area contributed by atoms with Crippen molar-refractivity contribution in [1.29, 1.82) is 0 Å². The predicted octanol–water partition coefficient (Wildman–Crippen LogP) is 1.24. The molecule has 1 heterocycles. The summed E-state index contributed by atoms with van der Waals surface area (Å²) in [5.41, 5.74) is 2.26. The third kappa shape index (κ3) is 4.29. The van der Waals surface area contributed by atoms with Crippen LogP contribution in [0.3, 0.4) is 0 Å². The molecule has 1 saturated heterocycles. The lowest BCUT2D eigenvalue weighted by Gasteiger charge is -2.32. The fourth-order valence-corrected chi connectivity index (χ4v) is 4.95. The van der Waals surface area contributed by atoms with Crippen LogP contribution < -0.4 is 14.4 Å². The van der Waals surface area contributed by atoms with Crippen LogP contribution in [0.2, 0.25) is 0 Å². The number of quaternary nitrogens is 1. The summed E-state index contributed by atoms with van der Waals surface area (Å²) in [6, 6.07) is 9.11. The van der Waals surface area contributed by atoms with Crippen molar-refractivity contribution < 1.29 is 27.2 Å². The largest absolute Gasteiger partial charge is 0.493 e. The molecule has 1 aliphatic rings. The van der Waals surface area contributed by atoms with Gasteiger partial charge in [0.05, 0.1) is 45.3 Å². The van der Waals surface area contributed by atoms with Crippen molar-refractivity contribution >= 4 is 10.0 Å². The Labute approximate surface area is 165 Å². The maximum atomic E-state index is 13.4. The maximum absolute atomic E-state index is 13.4. The molecule has 1 aliphatic heterocycles. The second-order valence-electron chi connectivity index (χ2n) is 6.92. The molecule has 0 atom stereocenters. The third-order valence-electron chi connectivity index (χ3n) is 5.15. The van der Waals surface area contributed by atoms with Crippen molar-refractivity contribution in [2.45, 2.75) is 18.4 Å². The maximum Gasteiger partial charge on any atom is 0.243 e. The highest BCUT2D eigenvalue weighted by Crippen LogP contribution is 2.30. The van der Waals surface area contributed by atoms with Crippen molar-refractivity contribution in [2.24, 2.45) is 0 Å². The fourth-order valence-electron chi connectivity index (χ4n) is 3.48. The minimum Gasteiger partial charge on any atom is -0.493 e. The molecule has 1 N–H and O–H groups in total. The lowest BCUT2D eigenvalue weighted by atomic mass is 10.1. The van der Waals surface area contributed by atoms with E-state index in [4.69, 9.17) is 9.47 Å². The van der Waals surface area contributed by atoms with Crippen LogP contribution in [0.1, 0.15) is 11.1 Å². The molecular weight excluding hydrogens is 383 g/mol. The molecule has 8 heteroatoms. The minimum atomic E-state index is -3.67. The SMILES string of the molecule is COc1cc(C)c(C[NH+]2CCN(S(=O)(=O)c3cccc(F)c3)CC2)cc1OC. The van der Waals surface area contributed by atoms with Gasteiger partial charge < -0.3 is 14.4 Å². The first-order valence-corrected chi connectivity index (χ1v) is 10.6. The van der Waals surface area contributed by atoms with Gasteiger partial charge in [-0.25, -0.2) is 12.8 Å². The van der Waals surface area contributed by atoms with Crippen molar-refractivity contribution in [3.8, 4) is 11.5 Å². The number of methoxy groups -OCH3 is 2. The van der Waals surface area contributed by atoms with Gasteiger partial charge in [0.15, 0.2) is 11.5 Å². The highest BCUT2D eigenvalue weighted by molar-refractivity contribution is 7.89. The molecule has 3 rings (SSSR count). The van der Waals surface area contributed by atoms with E-state index < -0.39 is 15.8 Å². The summed E-state index contributed by atoms with van der Waals surface area (Å²) in [6.45, 7) is 4.98. The average molecular weight is 410 g/mol. The molecule has 2 aromatic carbocycles. The van der Waals surface area contributed by atoms with E-state index in [1.54, 1.807) is 14.2 Å². The smallest absolute Gasteiger partial charge is 0.243 e. The number of nitrogens with zero attached hydrogens (tertiary/aromatic N) is 1. The van der Waals surface area contributed by atoms with Gasteiger partial charge in [-0.15, -0.1) is 0 Å². The first-order chi connectivity index (χ1) is 13.3. The number of aryl methyl sites for hydroxylation is 1. The van der Waals surface area contributed by atoms with Crippen LogP contribution in [0.4, 0.5) is 4.39 Å². The Morgan fingerprint density at radius 2 is 1.71 bits per heavy atom. The molecule has 28 heavy (non-hydrogen) atoms. The number of hydrogen-bond donors (Lipinski definition) is 1. The zero-order chi connectivity index (χ0) is 20.3. The summed E-state index contributed by atoms with van der Waals surface area (Å²) >= 11 is 0. The summed E-state index contributed by atoms with van der Waals surface area (Å²) in [5.74, 6) is 0.842. The normalized spacial score (nSPS) is 16.1. The summed E-state index contributed by atoms with van der Waals surface area (Å²) in [6.07, 6.45) is 0. The van der Waals surface area contributed by atoms with Gasteiger partial charge in [0.25, 0.3) is 0 Å². The van der Waals surface area contributed by atoms with E-state index in [9.17, 15) is 12.8 Å². The number of sulfonamides is 1. The molecule has 0 aromatic heterocycles. The lowest BCUT2D eigenvalue weighted by molar-refractivity contribution is -0.917. The monoisotopic (exact) mass is 409 g/mol. The van der Waals surface area contributed by atoms with Crippen LogP contribution >= 0.6 is 0 Å². The molecule has 6 nitrogen and oxygen atoms in total. The van der Waals surface area contributed by atoms with Gasteiger partial charge in [-0.1, -0.05) is 6.07 Å². The number of rotatable bonds is 6. The summed E-state index contributed by atoms with van der Waals surface area (Å²) in [7, 11) is -0.443. The Bertz CT molecular complexity index is 941. The summed E-state index contributed by atoms with van der Waals surface area (Å²) in [4.78, 5) is 1.30. The van der Waals surface area contributed by atoms with E-state index in [-0.39, 0.29) is 4.90 Å². The molecule has 1 fully saturated rings. The lowest BCUT2D eigenvalue weighted by Crippen LogP contribution is -3.13. The van der Waals surface area contributed by atoms with Gasteiger partial charge in [0.1, 0.15) is 12.4 Å². The van der Waals surface area contributed by atoms with Crippen LogP contribution in [0, 0.1) is 12.7 Å². The highest BCUT2D eigenvalue weighted by atomic mass is 32.2. The van der Waals surface area contributed by atoms with Gasteiger partial charge in [-0.3, -0.25) is 0 Å². The zero-order valence-electron chi connectivity index (χ0n) is 16.4. The molecule has 0 amide bonds. The van der Waals surface area contributed by atoms with Gasteiger partial charge in [-0.05, 0) is 42.8 Å². The second kappa shape index (κ2) is 8.46. The number of hydrogen-bond acceptors (Lipinski definition) is 4. The molecule has 0 spiro atoms. The van der Waals surface area contributed by atoms with Crippen LogP contribution in [0.25, 0.3) is 0 Å². The second-order valence-corrected chi connectivity index (χ2v) is 8.86. The quantitative estimate of drug-likeness (QED) is 0.780. The number of nitrogens with one attached hydrogen (secondary N) is 1. The van der Waals surface area contributed by atoms with E-state index in [0.29, 0.717) is 37.7 Å². The molecule has 2 aromatic rings. The Morgan fingerprint density at radius 3 is 2.32 bits per heavy atom. The number of benzene rings is 2. The molecule has 152 valence electrons. The summed E-state index contributed by atoms with van der Waals surface area (Å²) in [5, 5.41) is 0. The van der Waals surface area contributed by atoms with Gasteiger partial charge in [0.2, 0.25) is 10.0 Å². The van der Waals surface area contributed by atoms with Gasteiger partial charge in [-0.2, -0.15) is 4.31 Å². The van der Waals surface area contributed by atoms with Crippen LogP contribution in [0.5, 0.6) is 11.5 Å². The van der Waals surface area contributed by atoms with E-state index in [1.807, 2.05) is 19.1 Å². The molecule has 0 unspecified atom stereocenters. The topological polar surface area (TPSA) is 60.3 Å². The van der Waals surface area contributed by atoms with Gasteiger partial charge >= 0.3 is 0 Å². The van der Waals surface area contributed by atoms with E-state index in [1.165, 1.54) is 27.4 Å². The number of ether oxygens (including phenoxy) is 2. The first-order valence-electron chi connectivity index (χ1n) is 9.16. The average Bonchev–Trinajstić information content (AvgIpc) is 2.69. The standard InChI is InChI=1S/C20H25FN2O4S/c1-15-11-19(26-2)20(27-3)12-16(15)14-22-7-9-23(10-8-22)28(24,25)18-6-4-5-17(21)13-18/h4-6,11-13H,7-10,14H2,1-3H3/p+1. The van der Waals surface area contributed by atoms with E-state index in [0.717, 1.165) is 23.7 Å². The van der Waals surface area contributed by atoms with Crippen molar-refractivity contribution in [3.05, 3.63) is 53.3 Å². The predicted molar refractivity (Wildman–Crippen MR) is 104 cm³/mol. The van der Waals surface area contributed by atoms with E-state index in [2.05, 4.69) is 0 Å². The van der Waals surface area contributed by atoms with Crippen LogP contribution in [-0.2, 0) is 16.6 Å². The van der Waals surface area contributed by atoms with Crippen molar-refractivity contribution in [1.82, 2.24) is 4.31 Å². The number of piperazine rings is 1. The Kier molecular flexibility index (Phi) is 6.22.